The van der Waals surface area contributed by atoms with Gasteiger partial charge >= 0.3 is 28.4 Å². The highest BCUT2D eigenvalue weighted by Gasteiger charge is 2.32. The van der Waals surface area contributed by atoms with Crippen molar-refractivity contribution in [3.05, 3.63) is 155 Å². The lowest BCUT2D eigenvalue weighted by Crippen LogP contribution is -2.41. The molecule has 0 atom stereocenters. The summed E-state index contributed by atoms with van der Waals surface area (Å²) in [5, 5.41) is 2.81. The van der Waals surface area contributed by atoms with E-state index in [9.17, 15) is 27.6 Å². The van der Waals surface area contributed by atoms with Crippen molar-refractivity contribution in [3.8, 4) is 11.1 Å². The van der Waals surface area contributed by atoms with Crippen molar-refractivity contribution in [3.63, 3.8) is 0 Å². The Morgan fingerprint density at radius 2 is 1.28 bits per heavy atom. The van der Waals surface area contributed by atoms with Gasteiger partial charge in [0.15, 0.2) is 5.69 Å². The maximum absolute atomic E-state index is 14.1. The predicted molar refractivity (Wildman–Crippen MR) is 215 cm³/mol. The molecule has 0 unspecified atom stereocenters. The SMILES string of the molecule is CCN(CCNC(=O)c1ccc(-c2c(Cc3ccccc3)cn(S(=O)(=O)NC(=O)OCc3ccccc3)c2C(=O)OCc2ccccc2)cc1)C(=O)OC(C)(C)C. The number of aromatic nitrogens is 1. The Morgan fingerprint density at radius 3 is 1.82 bits per heavy atom. The maximum atomic E-state index is 14.1. The second kappa shape index (κ2) is 19.0. The third kappa shape index (κ3) is 11.8. The van der Waals surface area contributed by atoms with Crippen molar-refractivity contribution in [1.82, 2.24) is 18.9 Å². The first-order valence-corrected chi connectivity index (χ1v) is 19.8. The van der Waals surface area contributed by atoms with Crippen LogP contribution in [0.1, 0.15) is 70.8 Å². The molecule has 5 rings (SSSR count). The fourth-order valence-electron chi connectivity index (χ4n) is 5.78. The lowest BCUT2D eigenvalue weighted by atomic mass is 9.96. The van der Waals surface area contributed by atoms with Crippen molar-refractivity contribution >= 4 is 34.3 Å². The summed E-state index contributed by atoms with van der Waals surface area (Å²) >= 11 is 0. The molecule has 14 heteroatoms. The molecule has 0 bridgehead atoms. The Hall–Kier alpha value is -6.41. The van der Waals surface area contributed by atoms with Gasteiger partial charge in [-0.25, -0.2) is 23.1 Å². The number of rotatable bonds is 15. The van der Waals surface area contributed by atoms with Gasteiger partial charge < -0.3 is 24.4 Å². The average Bonchev–Trinajstić information content (AvgIpc) is 3.58. The number of likely N-dealkylation sites (N-methyl/N-ethyl adjacent to an activating group) is 1. The van der Waals surface area contributed by atoms with Crippen LogP contribution in [0.25, 0.3) is 11.1 Å². The summed E-state index contributed by atoms with van der Waals surface area (Å²) < 4.78 is 46.9. The van der Waals surface area contributed by atoms with Crippen LogP contribution in [0.5, 0.6) is 0 Å². The van der Waals surface area contributed by atoms with Gasteiger partial charge in [0.1, 0.15) is 18.8 Å². The summed E-state index contributed by atoms with van der Waals surface area (Å²) in [4.78, 5) is 54.2. The number of ether oxygens (including phenoxy) is 3. The van der Waals surface area contributed by atoms with Gasteiger partial charge in [-0.2, -0.15) is 8.42 Å². The summed E-state index contributed by atoms with van der Waals surface area (Å²) in [6, 6.07) is 33.2. The quantitative estimate of drug-likeness (QED) is 0.0831. The number of nitrogens with zero attached hydrogens (tertiary/aromatic N) is 2. The molecule has 298 valence electrons. The molecule has 4 aromatic carbocycles. The van der Waals surface area contributed by atoms with E-state index in [1.807, 2.05) is 48.0 Å². The highest BCUT2D eigenvalue weighted by atomic mass is 32.2. The Kier molecular flexibility index (Phi) is 13.9. The second-order valence-corrected chi connectivity index (χ2v) is 15.5. The third-order valence-corrected chi connectivity index (χ3v) is 9.75. The molecule has 2 N–H and O–H groups in total. The van der Waals surface area contributed by atoms with Crippen molar-refractivity contribution in [2.75, 3.05) is 19.6 Å². The van der Waals surface area contributed by atoms with Crippen LogP contribution in [0.4, 0.5) is 9.59 Å². The van der Waals surface area contributed by atoms with Gasteiger partial charge in [0.05, 0.1) is 0 Å². The number of hydrogen-bond donors (Lipinski definition) is 2. The number of amides is 3. The molecule has 0 aliphatic heterocycles. The molecule has 5 aromatic rings. The van der Waals surface area contributed by atoms with Crippen LogP contribution in [0, 0.1) is 0 Å². The van der Waals surface area contributed by atoms with Crippen LogP contribution in [-0.2, 0) is 44.1 Å². The molecule has 1 heterocycles. The number of carbonyl (C=O) groups is 4. The molecular formula is C43H46N4O9S. The largest absolute Gasteiger partial charge is 0.456 e. The molecule has 1 aromatic heterocycles. The molecule has 0 radical (unpaired) electrons. The minimum Gasteiger partial charge on any atom is -0.456 e. The van der Waals surface area contributed by atoms with Gasteiger partial charge in [-0.3, -0.25) is 4.79 Å². The first-order chi connectivity index (χ1) is 27.2. The number of benzene rings is 4. The van der Waals surface area contributed by atoms with Crippen molar-refractivity contribution in [2.45, 2.75) is 52.9 Å². The first kappa shape index (κ1) is 41.7. The van der Waals surface area contributed by atoms with E-state index < -0.39 is 39.9 Å². The van der Waals surface area contributed by atoms with E-state index in [0.717, 1.165) is 5.56 Å². The van der Waals surface area contributed by atoms with Gasteiger partial charge in [-0.15, -0.1) is 0 Å². The van der Waals surface area contributed by atoms with Crippen molar-refractivity contribution < 1.29 is 41.8 Å². The topological polar surface area (TPSA) is 162 Å². The lowest BCUT2D eigenvalue weighted by Gasteiger charge is -2.26. The van der Waals surface area contributed by atoms with Crippen LogP contribution in [0.2, 0.25) is 0 Å². The van der Waals surface area contributed by atoms with E-state index in [2.05, 4.69) is 5.32 Å². The van der Waals surface area contributed by atoms with E-state index in [-0.39, 0.29) is 49.5 Å². The van der Waals surface area contributed by atoms with E-state index in [4.69, 9.17) is 14.2 Å². The Morgan fingerprint density at radius 1 is 0.737 bits per heavy atom. The van der Waals surface area contributed by atoms with Gasteiger partial charge in [-0.1, -0.05) is 103 Å². The van der Waals surface area contributed by atoms with Crippen LogP contribution < -0.4 is 10.0 Å². The normalized spacial score (nSPS) is 11.3. The predicted octanol–water partition coefficient (Wildman–Crippen LogP) is 7.11. The highest BCUT2D eigenvalue weighted by molar-refractivity contribution is 7.88. The third-order valence-electron chi connectivity index (χ3n) is 8.52. The molecule has 0 saturated carbocycles. The monoisotopic (exact) mass is 794 g/mol. The zero-order valence-electron chi connectivity index (χ0n) is 32.3. The lowest BCUT2D eigenvalue weighted by molar-refractivity contribution is 0.0260. The number of carbonyl (C=O) groups excluding carboxylic acids is 4. The molecule has 3 amide bonds. The van der Waals surface area contributed by atoms with Crippen LogP contribution in [0.15, 0.2) is 121 Å². The number of esters is 1. The minimum absolute atomic E-state index is 0.159. The second-order valence-electron chi connectivity index (χ2n) is 14.0. The van der Waals surface area contributed by atoms with Gasteiger partial charge in [-0.05, 0) is 74.1 Å². The van der Waals surface area contributed by atoms with Crippen molar-refractivity contribution in [2.24, 2.45) is 0 Å². The maximum Gasteiger partial charge on any atom is 0.422 e. The molecule has 0 fully saturated rings. The van der Waals surface area contributed by atoms with Crippen LogP contribution in [0.3, 0.4) is 0 Å². The summed E-state index contributed by atoms with van der Waals surface area (Å²) in [6.45, 7) is 7.57. The van der Waals surface area contributed by atoms with E-state index >= 15 is 0 Å². The van der Waals surface area contributed by atoms with E-state index in [1.54, 1.807) is 99.6 Å². The summed E-state index contributed by atoms with van der Waals surface area (Å²) in [5.41, 5.74) is 2.45. The fourth-order valence-corrected chi connectivity index (χ4v) is 6.82. The molecule has 0 aliphatic carbocycles. The Bertz CT molecular complexity index is 2250. The zero-order chi connectivity index (χ0) is 41.0. The fraction of sp³-hybridized carbons (Fsp3) is 0.256. The van der Waals surface area contributed by atoms with E-state index in [1.165, 1.54) is 11.1 Å². The summed E-state index contributed by atoms with van der Waals surface area (Å²) in [6.07, 6.45) is -0.254. The molecule has 0 aliphatic rings. The Balaban J connectivity index is 1.47. The number of nitrogens with one attached hydrogen (secondary N) is 2. The molecule has 0 spiro atoms. The van der Waals surface area contributed by atoms with E-state index in [0.29, 0.717) is 32.8 Å². The zero-order valence-corrected chi connectivity index (χ0v) is 33.1. The Labute approximate surface area is 332 Å². The minimum atomic E-state index is -4.79. The molecule has 0 saturated heterocycles. The smallest absolute Gasteiger partial charge is 0.422 e. The molecule has 13 nitrogen and oxygen atoms in total. The van der Waals surface area contributed by atoms with Crippen LogP contribution >= 0.6 is 0 Å². The summed E-state index contributed by atoms with van der Waals surface area (Å²) in [5.74, 6) is -1.38. The van der Waals surface area contributed by atoms with Gasteiger partial charge in [0.25, 0.3) is 5.91 Å². The highest BCUT2D eigenvalue weighted by Crippen LogP contribution is 2.33. The standard InChI is InChI=1S/C43H46N4O9S/c1-5-46(42(51)56-43(2,3)4)26-25-44-39(48)35-23-21-34(22-24-35)37-36(27-31-15-9-6-10-16-31)28-47(38(37)40(49)54-29-32-17-11-7-12-18-32)57(52,53)45-41(50)55-30-33-19-13-8-14-20-33/h6-24,28H,5,25-27,29-30H2,1-4H3,(H,44,48)(H,45,50). The van der Waals surface area contributed by atoms with Gasteiger partial charge in [0, 0.05) is 37.0 Å². The molecule has 57 heavy (non-hydrogen) atoms. The average molecular weight is 795 g/mol. The molecular weight excluding hydrogens is 749 g/mol. The first-order valence-electron chi connectivity index (χ1n) is 18.3. The van der Waals surface area contributed by atoms with Crippen molar-refractivity contribution in [1.29, 1.82) is 0 Å². The van der Waals surface area contributed by atoms with Crippen LogP contribution in [-0.4, -0.2) is 66.6 Å². The van der Waals surface area contributed by atoms with Gasteiger partial charge in [0.2, 0.25) is 0 Å². The summed E-state index contributed by atoms with van der Waals surface area (Å²) in [7, 11) is -4.79. The number of hydrogen-bond acceptors (Lipinski definition) is 9.